The summed E-state index contributed by atoms with van der Waals surface area (Å²) in [6.45, 7) is 12.7. The van der Waals surface area contributed by atoms with Gasteiger partial charge in [0.25, 0.3) is 0 Å². The molecule has 1 saturated carbocycles. The normalized spacial score (nSPS) is 16.6. The number of carbonyl (C=O) groups is 3. The molecule has 1 spiro atoms. The molecule has 10 heteroatoms. The number of alkyl halides is 3. The van der Waals surface area contributed by atoms with E-state index in [4.69, 9.17) is 5.26 Å². The van der Waals surface area contributed by atoms with E-state index in [0.717, 1.165) is 31.6 Å². The van der Waals surface area contributed by atoms with Gasteiger partial charge in [0.05, 0.1) is 12.6 Å². The SMILES string of the molecule is CC.CC(C#N)NC=O.CC(C)C.O=C(CNC(=O)C(F)(F)F)N1CCC2(CCC2)C1. The van der Waals surface area contributed by atoms with E-state index in [1.165, 1.54) is 0 Å². The van der Waals surface area contributed by atoms with Crippen LogP contribution in [0.25, 0.3) is 0 Å². The van der Waals surface area contributed by atoms with Crippen LogP contribution >= 0.6 is 0 Å². The molecule has 3 amide bonds. The first-order chi connectivity index (χ1) is 14.4. The van der Waals surface area contributed by atoms with Crippen LogP contribution in [0.1, 0.15) is 67.2 Å². The molecule has 2 fully saturated rings. The Kier molecular flexibility index (Phi) is 15.4. The fourth-order valence-electron chi connectivity index (χ4n) is 2.74. The van der Waals surface area contributed by atoms with Crippen molar-refractivity contribution in [1.29, 1.82) is 5.26 Å². The van der Waals surface area contributed by atoms with Crippen LogP contribution in [-0.4, -0.2) is 55.0 Å². The lowest BCUT2D eigenvalue weighted by atomic mass is 9.68. The number of hydrogen-bond acceptors (Lipinski definition) is 4. The minimum Gasteiger partial charge on any atom is -0.343 e. The molecule has 1 heterocycles. The molecule has 0 aromatic heterocycles. The van der Waals surface area contributed by atoms with Gasteiger partial charge in [-0.3, -0.25) is 14.4 Å². The molecule has 0 radical (unpaired) electrons. The average molecular weight is 451 g/mol. The van der Waals surface area contributed by atoms with Crippen molar-refractivity contribution in [2.45, 2.75) is 79.4 Å². The van der Waals surface area contributed by atoms with Crippen molar-refractivity contribution < 1.29 is 27.6 Å². The minimum atomic E-state index is -4.93. The molecule has 2 rings (SSSR count). The number of nitrogens with zero attached hydrogens (tertiary/aromatic N) is 2. The van der Waals surface area contributed by atoms with Gasteiger partial charge in [0.15, 0.2) is 0 Å². The Morgan fingerprint density at radius 1 is 1.16 bits per heavy atom. The van der Waals surface area contributed by atoms with E-state index in [-0.39, 0.29) is 11.5 Å². The first-order valence-electron chi connectivity index (χ1n) is 10.6. The van der Waals surface area contributed by atoms with Crippen LogP contribution in [0.5, 0.6) is 0 Å². The highest BCUT2D eigenvalue weighted by atomic mass is 19.4. The first kappa shape index (κ1) is 30.9. The smallest absolute Gasteiger partial charge is 0.343 e. The van der Waals surface area contributed by atoms with Crippen molar-refractivity contribution in [2.75, 3.05) is 19.6 Å². The molecule has 0 bridgehead atoms. The van der Waals surface area contributed by atoms with Crippen LogP contribution in [0.3, 0.4) is 0 Å². The molecule has 31 heavy (non-hydrogen) atoms. The number of nitriles is 1. The molecule has 0 aromatic rings. The summed E-state index contributed by atoms with van der Waals surface area (Å²) in [5, 5.41) is 11.9. The molecule has 1 saturated heterocycles. The standard InChI is InChI=1S/C11H15F3N2O2.C4H6N2O.C4H10.C2H6/c12-11(13,14)9(18)15-6-8(17)16-5-4-10(7-16)2-1-3-10;1-4(2-5)6-3-7;1-4(2)3;1-2/h1-7H2,(H,15,18);3-4H,1H3,(H,6,7);4H,1-3H3;1-2H3. The van der Waals surface area contributed by atoms with Crippen LogP contribution < -0.4 is 10.6 Å². The Balaban J connectivity index is 0. The third-order valence-electron chi connectivity index (χ3n) is 4.37. The van der Waals surface area contributed by atoms with Crippen molar-refractivity contribution in [1.82, 2.24) is 15.5 Å². The van der Waals surface area contributed by atoms with Crippen molar-refractivity contribution in [3.63, 3.8) is 0 Å². The number of carbonyl (C=O) groups excluding carboxylic acids is 3. The number of halogens is 3. The third-order valence-corrected chi connectivity index (χ3v) is 4.37. The Morgan fingerprint density at radius 3 is 1.97 bits per heavy atom. The fourth-order valence-corrected chi connectivity index (χ4v) is 2.74. The summed E-state index contributed by atoms with van der Waals surface area (Å²) >= 11 is 0. The lowest BCUT2D eigenvalue weighted by molar-refractivity contribution is -0.174. The molecule has 2 aliphatic rings. The average Bonchev–Trinajstić information content (AvgIpc) is 3.13. The van der Waals surface area contributed by atoms with Gasteiger partial charge in [-0.2, -0.15) is 18.4 Å². The number of nitrogens with one attached hydrogen (secondary N) is 2. The molecule has 1 aliphatic carbocycles. The minimum absolute atomic E-state index is 0.212. The van der Waals surface area contributed by atoms with Crippen molar-refractivity contribution in [2.24, 2.45) is 11.3 Å². The second-order valence-corrected chi connectivity index (χ2v) is 7.97. The van der Waals surface area contributed by atoms with E-state index < -0.39 is 24.5 Å². The summed E-state index contributed by atoms with van der Waals surface area (Å²) in [4.78, 5) is 33.3. The Labute approximate surface area is 183 Å². The topological polar surface area (TPSA) is 102 Å². The second kappa shape index (κ2) is 15.5. The van der Waals surface area contributed by atoms with E-state index in [0.29, 0.717) is 19.5 Å². The summed E-state index contributed by atoms with van der Waals surface area (Å²) in [6.07, 6.45) is -0.162. The van der Waals surface area contributed by atoms with Gasteiger partial charge in [0.2, 0.25) is 12.3 Å². The summed E-state index contributed by atoms with van der Waals surface area (Å²) in [5.74, 6) is -1.66. The maximum Gasteiger partial charge on any atom is 0.471 e. The highest BCUT2D eigenvalue weighted by molar-refractivity contribution is 5.87. The zero-order valence-corrected chi connectivity index (χ0v) is 19.4. The van der Waals surface area contributed by atoms with Gasteiger partial charge in [0.1, 0.15) is 6.04 Å². The summed E-state index contributed by atoms with van der Waals surface area (Å²) in [5.41, 5.74) is 0.212. The Bertz CT molecular complexity index is 583. The van der Waals surface area contributed by atoms with Crippen LogP contribution in [-0.2, 0) is 14.4 Å². The molecule has 1 unspecified atom stereocenters. The predicted molar refractivity (Wildman–Crippen MR) is 113 cm³/mol. The van der Waals surface area contributed by atoms with Gasteiger partial charge < -0.3 is 15.5 Å². The van der Waals surface area contributed by atoms with E-state index in [1.54, 1.807) is 17.1 Å². The van der Waals surface area contributed by atoms with Gasteiger partial charge in [-0.1, -0.05) is 41.0 Å². The highest BCUT2D eigenvalue weighted by Gasteiger charge is 2.44. The number of amides is 3. The summed E-state index contributed by atoms with van der Waals surface area (Å²) in [7, 11) is 0. The van der Waals surface area contributed by atoms with Gasteiger partial charge in [-0.15, -0.1) is 0 Å². The quantitative estimate of drug-likeness (QED) is 0.641. The zero-order valence-electron chi connectivity index (χ0n) is 19.4. The lowest BCUT2D eigenvalue weighted by Gasteiger charge is -2.37. The van der Waals surface area contributed by atoms with Crippen LogP contribution in [0.15, 0.2) is 0 Å². The van der Waals surface area contributed by atoms with Crippen molar-refractivity contribution >= 4 is 18.2 Å². The van der Waals surface area contributed by atoms with Gasteiger partial charge in [-0.25, -0.2) is 0 Å². The van der Waals surface area contributed by atoms with Crippen LogP contribution in [0.4, 0.5) is 13.2 Å². The third kappa shape index (κ3) is 13.6. The molecule has 0 aromatic carbocycles. The maximum absolute atomic E-state index is 11.9. The van der Waals surface area contributed by atoms with E-state index in [2.05, 4.69) is 26.1 Å². The van der Waals surface area contributed by atoms with Crippen LogP contribution in [0.2, 0.25) is 0 Å². The summed E-state index contributed by atoms with van der Waals surface area (Å²) < 4.78 is 35.8. The molecular weight excluding hydrogens is 413 g/mol. The molecule has 180 valence electrons. The van der Waals surface area contributed by atoms with Crippen molar-refractivity contribution in [3.8, 4) is 6.07 Å². The zero-order chi connectivity index (χ0) is 24.7. The van der Waals surface area contributed by atoms with Crippen molar-refractivity contribution in [3.05, 3.63) is 0 Å². The largest absolute Gasteiger partial charge is 0.471 e. The number of likely N-dealkylation sites (tertiary alicyclic amines) is 1. The lowest BCUT2D eigenvalue weighted by Crippen LogP contribution is -2.44. The monoisotopic (exact) mass is 450 g/mol. The Hall–Kier alpha value is -2.31. The van der Waals surface area contributed by atoms with Gasteiger partial charge in [0, 0.05) is 13.1 Å². The molecular formula is C21H37F3N4O3. The van der Waals surface area contributed by atoms with E-state index in [1.807, 2.05) is 19.9 Å². The Morgan fingerprint density at radius 2 is 1.68 bits per heavy atom. The number of hydrogen-bond donors (Lipinski definition) is 2. The second-order valence-electron chi connectivity index (χ2n) is 7.97. The van der Waals surface area contributed by atoms with Crippen LogP contribution in [0, 0.1) is 22.7 Å². The molecule has 7 nitrogen and oxygen atoms in total. The maximum atomic E-state index is 11.9. The highest BCUT2D eigenvalue weighted by Crippen LogP contribution is 2.47. The van der Waals surface area contributed by atoms with E-state index in [9.17, 15) is 27.6 Å². The molecule has 1 atom stereocenters. The fraction of sp³-hybridized carbons (Fsp3) is 0.810. The molecule has 1 aliphatic heterocycles. The summed E-state index contributed by atoms with van der Waals surface area (Å²) in [6, 6.07) is 1.46. The van der Waals surface area contributed by atoms with E-state index >= 15 is 0 Å². The van der Waals surface area contributed by atoms with Gasteiger partial charge in [-0.05, 0) is 37.5 Å². The molecule has 2 N–H and O–H groups in total. The van der Waals surface area contributed by atoms with Gasteiger partial charge >= 0.3 is 12.1 Å². The first-order valence-corrected chi connectivity index (χ1v) is 10.6. The number of rotatable bonds is 4. The predicted octanol–water partition coefficient (Wildman–Crippen LogP) is 3.40.